The van der Waals surface area contributed by atoms with Crippen LogP contribution in [0.25, 0.3) is 0 Å². The number of halogens is 1. The summed E-state index contributed by atoms with van der Waals surface area (Å²) in [5, 5.41) is 0.611. The average molecular weight is 590 g/mol. The van der Waals surface area contributed by atoms with E-state index in [1.165, 1.54) is 38.2 Å². The molecule has 1 aliphatic rings. The van der Waals surface area contributed by atoms with Gasteiger partial charge in [0.25, 0.3) is 0 Å². The number of ketones is 1. The van der Waals surface area contributed by atoms with Crippen molar-refractivity contribution in [2.24, 2.45) is 5.92 Å². The number of hydrogen-bond acceptors (Lipinski definition) is 5. The Hall–Kier alpha value is -3.15. The molecule has 0 N–H and O–H groups in total. The summed E-state index contributed by atoms with van der Waals surface area (Å²) < 4.78 is 11.9. The van der Waals surface area contributed by atoms with Crippen LogP contribution >= 0.6 is 11.6 Å². The van der Waals surface area contributed by atoms with Gasteiger partial charge in [-0.15, -0.1) is 0 Å². The van der Waals surface area contributed by atoms with E-state index in [4.69, 9.17) is 21.1 Å². The summed E-state index contributed by atoms with van der Waals surface area (Å²) in [4.78, 5) is 27.1. The van der Waals surface area contributed by atoms with Crippen LogP contribution in [-0.2, 0) is 16.1 Å². The van der Waals surface area contributed by atoms with Crippen molar-refractivity contribution in [2.45, 2.75) is 77.9 Å². The fourth-order valence-corrected chi connectivity index (χ4v) is 5.72. The SMILES string of the molecule is CCCCCCC[C@@H](OC(C)=O)c1cccc(CN2CCC(COc3cccc(C(=O)c4ccc(Cl)cc4)c3)CC2)c1. The Morgan fingerprint density at radius 3 is 2.38 bits per heavy atom. The minimum Gasteiger partial charge on any atom is -0.493 e. The Kier molecular flexibility index (Phi) is 12.5. The molecule has 1 saturated heterocycles. The zero-order valence-electron chi connectivity index (χ0n) is 25.0. The lowest BCUT2D eigenvalue weighted by molar-refractivity contribution is -0.147. The van der Waals surface area contributed by atoms with Crippen LogP contribution in [0.2, 0.25) is 5.02 Å². The van der Waals surface area contributed by atoms with Gasteiger partial charge < -0.3 is 9.47 Å². The molecule has 1 fully saturated rings. The molecule has 0 saturated carbocycles. The van der Waals surface area contributed by atoms with Crippen molar-refractivity contribution in [2.75, 3.05) is 19.7 Å². The fourth-order valence-electron chi connectivity index (χ4n) is 5.60. The first-order valence-corrected chi connectivity index (χ1v) is 15.8. The van der Waals surface area contributed by atoms with Crippen molar-refractivity contribution >= 4 is 23.4 Å². The molecule has 42 heavy (non-hydrogen) atoms. The van der Waals surface area contributed by atoms with Crippen molar-refractivity contribution in [1.82, 2.24) is 4.90 Å². The third-order valence-corrected chi connectivity index (χ3v) is 8.25. The Morgan fingerprint density at radius 2 is 1.64 bits per heavy atom. The van der Waals surface area contributed by atoms with E-state index in [-0.39, 0.29) is 17.9 Å². The van der Waals surface area contributed by atoms with Gasteiger partial charge >= 0.3 is 5.97 Å². The van der Waals surface area contributed by atoms with Crippen LogP contribution < -0.4 is 4.74 Å². The maximum atomic E-state index is 12.9. The average Bonchev–Trinajstić information content (AvgIpc) is 3.00. The highest BCUT2D eigenvalue weighted by molar-refractivity contribution is 6.30. The van der Waals surface area contributed by atoms with E-state index in [9.17, 15) is 9.59 Å². The van der Waals surface area contributed by atoms with E-state index in [0.29, 0.717) is 28.7 Å². The van der Waals surface area contributed by atoms with Crippen LogP contribution in [0.3, 0.4) is 0 Å². The third-order valence-electron chi connectivity index (χ3n) is 8.00. The highest BCUT2D eigenvalue weighted by Gasteiger charge is 2.21. The summed E-state index contributed by atoms with van der Waals surface area (Å²) in [6.45, 7) is 7.28. The van der Waals surface area contributed by atoms with E-state index < -0.39 is 0 Å². The molecule has 0 amide bonds. The normalized spacial score (nSPS) is 14.8. The molecule has 1 aliphatic heterocycles. The van der Waals surface area contributed by atoms with Gasteiger partial charge in [0.05, 0.1) is 6.61 Å². The Balaban J connectivity index is 1.25. The van der Waals surface area contributed by atoms with Crippen LogP contribution in [0.15, 0.2) is 72.8 Å². The second kappa shape index (κ2) is 16.5. The summed E-state index contributed by atoms with van der Waals surface area (Å²) >= 11 is 5.96. The first-order chi connectivity index (χ1) is 20.4. The van der Waals surface area contributed by atoms with Gasteiger partial charge in [0.2, 0.25) is 0 Å². The number of rotatable bonds is 15. The molecule has 0 spiro atoms. The molecule has 1 atom stereocenters. The van der Waals surface area contributed by atoms with Crippen LogP contribution in [0.4, 0.5) is 0 Å². The minimum absolute atomic E-state index is 0.0411. The standard InChI is InChI=1S/C36H44ClNO4/c1-3-4-5-6-7-14-35(42-27(2)39)31-11-8-10-29(23-31)25-38-21-19-28(20-22-38)26-41-34-13-9-12-32(24-34)36(40)30-15-17-33(37)18-16-30/h8-13,15-18,23-24,28,35H,3-7,14,19-22,25-26H2,1-2H3/t35-/m1/s1. The van der Waals surface area contributed by atoms with Gasteiger partial charge in [-0.3, -0.25) is 14.5 Å². The number of esters is 1. The molecule has 3 aromatic carbocycles. The Labute approximate surface area is 256 Å². The second-order valence-electron chi connectivity index (χ2n) is 11.4. The molecule has 5 nitrogen and oxygen atoms in total. The summed E-state index contributed by atoms with van der Waals surface area (Å²) in [5.74, 6) is 0.940. The summed E-state index contributed by atoms with van der Waals surface area (Å²) in [7, 11) is 0. The van der Waals surface area contributed by atoms with E-state index in [1.54, 1.807) is 24.3 Å². The van der Waals surface area contributed by atoms with E-state index in [2.05, 4.69) is 36.1 Å². The van der Waals surface area contributed by atoms with Crippen molar-refractivity contribution < 1.29 is 19.1 Å². The second-order valence-corrected chi connectivity index (χ2v) is 11.9. The zero-order chi connectivity index (χ0) is 29.7. The van der Waals surface area contributed by atoms with Gasteiger partial charge in [-0.1, -0.05) is 80.6 Å². The number of hydrogen-bond donors (Lipinski definition) is 0. The number of benzene rings is 3. The lowest BCUT2D eigenvalue weighted by Gasteiger charge is -2.32. The number of ether oxygens (including phenoxy) is 2. The predicted octanol–water partition coefficient (Wildman–Crippen LogP) is 8.83. The topological polar surface area (TPSA) is 55.8 Å². The van der Waals surface area contributed by atoms with Gasteiger partial charge in [0.1, 0.15) is 11.9 Å². The van der Waals surface area contributed by atoms with Crippen molar-refractivity contribution in [1.29, 1.82) is 0 Å². The molecule has 0 aliphatic carbocycles. The maximum Gasteiger partial charge on any atom is 0.303 e. The van der Waals surface area contributed by atoms with Crippen molar-refractivity contribution in [3.8, 4) is 5.75 Å². The molecular weight excluding hydrogens is 546 g/mol. The Bertz CT molecular complexity index is 1280. The molecular formula is C36H44ClNO4. The predicted molar refractivity (Wildman–Crippen MR) is 169 cm³/mol. The first-order valence-electron chi connectivity index (χ1n) is 15.4. The molecule has 6 heteroatoms. The summed E-state index contributed by atoms with van der Waals surface area (Å²) in [6, 6.07) is 22.9. The maximum absolute atomic E-state index is 12.9. The molecule has 4 rings (SSSR count). The van der Waals surface area contributed by atoms with Gasteiger partial charge in [0, 0.05) is 29.6 Å². The number of unbranched alkanes of at least 4 members (excludes halogenated alkanes) is 4. The lowest BCUT2D eigenvalue weighted by Crippen LogP contribution is -2.35. The van der Waals surface area contributed by atoms with Crippen molar-refractivity contribution in [3.05, 3.63) is 100 Å². The molecule has 3 aromatic rings. The quantitative estimate of drug-likeness (QED) is 0.101. The molecule has 224 valence electrons. The third kappa shape index (κ3) is 9.99. The summed E-state index contributed by atoms with van der Waals surface area (Å²) in [6.07, 6.45) is 8.80. The molecule has 0 radical (unpaired) electrons. The number of piperidine rings is 1. The van der Waals surface area contributed by atoms with E-state index in [1.807, 2.05) is 24.3 Å². The zero-order valence-corrected chi connectivity index (χ0v) is 25.8. The highest BCUT2D eigenvalue weighted by Crippen LogP contribution is 2.27. The van der Waals surface area contributed by atoms with Crippen LogP contribution in [0.5, 0.6) is 5.75 Å². The van der Waals surface area contributed by atoms with Crippen molar-refractivity contribution in [3.63, 3.8) is 0 Å². The van der Waals surface area contributed by atoms with Gasteiger partial charge in [0.15, 0.2) is 5.78 Å². The van der Waals surface area contributed by atoms with Crippen LogP contribution in [0.1, 0.15) is 98.4 Å². The fraction of sp³-hybridized carbons (Fsp3) is 0.444. The number of carbonyl (C=O) groups excluding carboxylic acids is 2. The lowest BCUT2D eigenvalue weighted by atomic mass is 9.96. The number of likely N-dealkylation sites (tertiary alicyclic amines) is 1. The van der Waals surface area contributed by atoms with Crippen LogP contribution in [0, 0.1) is 5.92 Å². The molecule has 0 unspecified atom stereocenters. The number of nitrogens with zero attached hydrogens (tertiary/aromatic N) is 1. The largest absolute Gasteiger partial charge is 0.493 e. The minimum atomic E-state index is -0.219. The first kappa shape index (κ1) is 31.8. The summed E-state index contributed by atoms with van der Waals surface area (Å²) in [5.41, 5.74) is 3.57. The van der Waals surface area contributed by atoms with E-state index >= 15 is 0 Å². The Morgan fingerprint density at radius 1 is 0.905 bits per heavy atom. The van der Waals surface area contributed by atoms with Gasteiger partial charge in [-0.2, -0.15) is 0 Å². The smallest absolute Gasteiger partial charge is 0.303 e. The molecule has 0 bridgehead atoms. The van der Waals surface area contributed by atoms with E-state index in [0.717, 1.165) is 56.6 Å². The molecule has 0 aromatic heterocycles. The van der Waals surface area contributed by atoms with Crippen LogP contribution in [-0.4, -0.2) is 36.3 Å². The monoisotopic (exact) mass is 589 g/mol. The number of carbonyl (C=O) groups is 2. The molecule has 1 heterocycles. The highest BCUT2D eigenvalue weighted by atomic mass is 35.5. The van der Waals surface area contributed by atoms with Gasteiger partial charge in [-0.25, -0.2) is 0 Å². The van der Waals surface area contributed by atoms with Gasteiger partial charge in [-0.05, 0) is 92.2 Å².